The minimum Gasteiger partial charge on any atom is -0.440 e. The largest absolute Gasteiger partial charge is 0.440 e. The van der Waals surface area contributed by atoms with Crippen LogP contribution in [0.25, 0.3) is 11.3 Å². The summed E-state index contributed by atoms with van der Waals surface area (Å²) in [6, 6.07) is 14.1. The highest BCUT2D eigenvalue weighted by atomic mass is 32.2. The van der Waals surface area contributed by atoms with Gasteiger partial charge in [-0.25, -0.2) is 13.4 Å². The highest BCUT2D eigenvalue weighted by Crippen LogP contribution is 2.40. The molecule has 1 fully saturated rings. The lowest BCUT2D eigenvalue weighted by molar-refractivity contribution is 0.509. The highest BCUT2D eigenvalue weighted by Gasteiger charge is 2.28. The smallest absolute Gasteiger partial charge is 0.261 e. The molecule has 0 spiro atoms. The fourth-order valence-electron chi connectivity index (χ4n) is 2.81. The maximum absolute atomic E-state index is 12.6. The van der Waals surface area contributed by atoms with Crippen molar-refractivity contribution in [3.63, 3.8) is 0 Å². The van der Waals surface area contributed by atoms with Crippen LogP contribution in [0.5, 0.6) is 0 Å². The molecule has 0 atom stereocenters. The third-order valence-electron chi connectivity index (χ3n) is 4.49. The van der Waals surface area contributed by atoms with Gasteiger partial charge in [0.05, 0.1) is 11.1 Å². The third kappa shape index (κ3) is 3.51. The van der Waals surface area contributed by atoms with Gasteiger partial charge in [0.25, 0.3) is 10.0 Å². The Morgan fingerprint density at radius 3 is 2.62 bits per heavy atom. The molecular weight excluding hydrogens is 348 g/mol. The van der Waals surface area contributed by atoms with Crippen LogP contribution in [0.1, 0.15) is 37.1 Å². The number of nitrogens with zero attached hydrogens (tertiary/aromatic N) is 1. The van der Waals surface area contributed by atoms with Crippen LogP contribution in [-0.4, -0.2) is 13.4 Å². The number of benzene rings is 2. The molecule has 1 heterocycles. The average Bonchev–Trinajstić information content (AvgIpc) is 3.38. The van der Waals surface area contributed by atoms with Crippen molar-refractivity contribution in [1.29, 1.82) is 0 Å². The summed E-state index contributed by atoms with van der Waals surface area (Å²) in [6.45, 7) is 2.03. The van der Waals surface area contributed by atoms with Crippen LogP contribution in [0.4, 0.5) is 5.69 Å². The van der Waals surface area contributed by atoms with Crippen molar-refractivity contribution in [2.45, 2.75) is 37.0 Å². The number of hydrogen-bond acceptors (Lipinski definition) is 4. The summed E-state index contributed by atoms with van der Waals surface area (Å²) >= 11 is 0. The van der Waals surface area contributed by atoms with Gasteiger partial charge in [0.15, 0.2) is 11.7 Å². The van der Waals surface area contributed by atoms with Crippen molar-refractivity contribution < 1.29 is 12.8 Å². The third-order valence-corrected chi connectivity index (χ3v) is 5.88. The second kappa shape index (κ2) is 6.61. The van der Waals surface area contributed by atoms with Crippen LogP contribution in [0.2, 0.25) is 0 Å². The number of aromatic nitrogens is 1. The predicted molar refractivity (Wildman–Crippen MR) is 101 cm³/mol. The molecule has 0 saturated heterocycles. The Morgan fingerprint density at radius 1 is 1.15 bits per heavy atom. The summed E-state index contributed by atoms with van der Waals surface area (Å²) in [7, 11) is -3.63. The lowest BCUT2D eigenvalue weighted by Gasteiger charge is -2.09. The second-order valence-corrected chi connectivity index (χ2v) is 8.20. The average molecular weight is 368 g/mol. The molecule has 0 amide bonds. The standard InChI is InChI=1S/C20H20N2O3S/c1-2-14-4-3-5-17(12-14)22-26(23,24)18-10-8-15(9-11-18)19-13-21-20(25-19)16-6-7-16/h3-5,8-13,16,22H,2,6-7H2,1H3. The number of sulfonamides is 1. The Kier molecular flexibility index (Phi) is 4.28. The molecule has 3 aromatic rings. The van der Waals surface area contributed by atoms with E-state index in [0.717, 1.165) is 36.3 Å². The molecule has 0 unspecified atom stereocenters. The van der Waals surface area contributed by atoms with E-state index in [1.54, 1.807) is 36.5 Å². The first-order chi connectivity index (χ1) is 12.5. The molecule has 2 aromatic carbocycles. The molecule has 1 aliphatic rings. The number of oxazole rings is 1. The van der Waals surface area contributed by atoms with E-state index in [1.165, 1.54) is 0 Å². The van der Waals surface area contributed by atoms with Gasteiger partial charge in [-0.3, -0.25) is 4.72 Å². The van der Waals surface area contributed by atoms with Crippen molar-refractivity contribution in [1.82, 2.24) is 4.98 Å². The number of anilines is 1. The number of aryl methyl sites for hydroxylation is 1. The van der Waals surface area contributed by atoms with Crippen LogP contribution >= 0.6 is 0 Å². The summed E-state index contributed by atoms with van der Waals surface area (Å²) in [5, 5.41) is 0. The van der Waals surface area contributed by atoms with Gasteiger partial charge in [0.1, 0.15) is 0 Å². The summed E-state index contributed by atoms with van der Waals surface area (Å²) in [5.74, 6) is 1.89. The summed E-state index contributed by atoms with van der Waals surface area (Å²) < 4.78 is 33.6. The topological polar surface area (TPSA) is 72.2 Å². The van der Waals surface area contributed by atoms with E-state index in [-0.39, 0.29) is 4.90 Å². The van der Waals surface area contributed by atoms with Gasteiger partial charge in [-0.15, -0.1) is 0 Å². The molecule has 0 aliphatic heterocycles. The lowest BCUT2D eigenvalue weighted by atomic mass is 10.1. The van der Waals surface area contributed by atoms with Gasteiger partial charge in [-0.1, -0.05) is 19.1 Å². The fraction of sp³-hybridized carbons (Fsp3) is 0.250. The van der Waals surface area contributed by atoms with E-state index in [2.05, 4.69) is 9.71 Å². The second-order valence-electron chi connectivity index (χ2n) is 6.52. The van der Waals surface area contributed by atoms with Gasteiger partial charge in [-0.05, 0) is 61.2 Å². The Morgan fingerprint density at radius 2 is 1.92 bits per heavy atom. The normalized spacial score (nSPS) is 14.3. The fourth-order valence-corrected chi connectivity index (χ4v) is 3.86. The summed E-state index contributed by atoms with van der Waals surface area (Å²) in [4.78, 5) is 4.51. The lowest BCUT2D eigenvalue weighted by Crippen LogP contribution is -2.12. The molecule has 134 valence electrons. The zero-order valence-corrected chi connectivity index (χ0v) is 15.3. The minimum absolute atomic E-state index is 0.213. The number of nitrogens with one attached hydrogen (secondary N) is 1. The van der Waals surface area contributed by atoms with E-state index >= 15 is 0 Å². The molecule has 1 N–H and O–H groups in total. The van der Waals surface area contributed by atoms with Crippen LogP contribution in [0.15, 0.2) is 64.0 Å². The van der Waals surface area contributed by atoms with Crippen molar-refractivity contribution in [2.24, 2.45) is 0 Å². The Labute approximate surface area is 153 Å². The molecule has 6 heteroatoms. The maximum Gasteiger partial charge on any atom is 0.261 e. The van der Waals surface area contributed by atoms with E-state index < -0.39 is 10.0 Å². The van der Waals surface area contributed by atoms with E-state index in [0.29, 0.717) is 17.4 Å². The number of hydrogen-bond donors (Lipinski definition) is 1. The van der Waals surface area contributed by atoms with Crippen LogP contribution < -0.4 is 4.72 Å². The first-order valence-corrected chi connectivity index (χ1v) is 10.2. The van der Waals surface area contributed by atoms with Crippen LogP contribution in [-0.2, 0) is 16.4 Å². The van der Waals surface area contributed by atoms with Crippen molar-refractivity contribution in [3.8, 4) is 11.3 Å². The van der Waals surface area contributed by atoms with Crippen molar-refractivity contribution in [3.05, 3.63) is 66.2 Å². The maximum atomic E-state index is 12.6. The molecule has 1 aromatic heterocycles. The van der Waals surface area contributed by atoms with E-state index in [1.807, 2.05) is 25.1 Å². The Bertz CT molecular complexity index is 1020. The molecule has 26 heavy (non-hydrogen) atoms. The monoisotopic (exact) mass is 368 g/mol. The zero-order chi connectivity index (χ0) is 18.1. The first-order valence-electron chi connectivity index (χ1n) is 8.73. The van der Waals surface area contributed by atoms with Gasteiger partial charge in [0, 0.05) is 17.2 Å². The summed E-state index contributed by atoms with van der Waals surface area (Å²) in [6.07, 6.45) is 4.81. The highest BCUT2D eigenvalue weighted by molar-refractivity contribution is 7.92. The SMILES string of the molecule is CCc1cccc(NS(=O)(=O)c2ccc(-c3cnc(C4CC4)o3)cc2)c1. The zero-order valence-electron chi connectivity index (χ0n) is 14.5. The van der Waals surface area contributed by atoms with E-state index in [4.69, 9.17) is 4.42 Å². The molecule has 1 saturated carbocycles. The van der Waals surface area contributed by atoms with Gasteiger partial charge >= 0.3 is 0 Å². The molecule has 4 rings (SSSR count). The van der Waals surface area contributed by atoms with Crippen LogP contribution in [0, 0.1) is 0 Å². The molecule has 5 nitrogen and oxygen atoms in total. The van der Waals surface area contributed by atoms with Gasteiger partial charge in [-0.2, -0.15) is 0 Å². The molecule has 1 aliphatic carbocycles. The first kappa shape index (κ1) is 16.8. The molecule has 0 radical (unpaired) electrons. The quantitative estimate of drug-likeness (QED) is 0.691. The summed E-state index contributed by atoms with van der Waals surface area (Å²) in [5.41, 5.74) is 2.46. The minimum atomic E-state index is -3.63. The van der Waals surface area contributed by atoms with Crippen LogP contribution in [0.3, 0.4) is 0 Å². The Hall–Kier alpha value is -2.60. The number of rotatable bonds is 6. The van der Waals surface area contributed by atoms with Crippen molar-refractivity contribution in [2.75, 3.05) is 4.72 Å². The Balaban J connectivity index is 1.54. The molecule has 0 bridgehead atoms. The van der Waals surface area contributed by atoms with Crippen molar-refractivity contribution >= 4 is 15.7 Å². The predicted octanol–water partition coefficient (Wildman–Crippen LogP) is 4.58. The van der Waals surface area contributed by atoms with E-state index in [9.17, 15) is 8.42 Å². The van der Waals surface area contributed by atoms with Gasteiger partial charge < -0.3 is 4.42 Å². The van der Waals surface area contributed by atoms with Gasteiger partial charge in [0.2, 0.25) is 0 Å². The molecular formula is C20H20N2O3S.